The van der Waals surface area contributed by atoms with Gasteiger partial charge in [-0.05, 0) is 20.3 Å². The summed E-state index contributed by atoms with van der Waals surface area (Å²) in [6.07, 6.45) is 2.81. The molecule has 0 fully saturated rings. The van der Waals surface area contributed by atoms with Gasteiger partial charge in [0.25, 0.3) is 0 Å². The van der Waals surface area contributed by atoms with Crippen LogP contribution in [-0.2, 0) is 0 Å². The Morgan fingerprint density at radius 2 is 2.11 bits per heavy atom. The fourth-order valence-electron chi connectivity index (χ4n) is 0.372. The van der Waals surface area contributed by atoms with Crippen LogP contribution in [0.5, 0.6) is 0 Å². The van der Waals surface area contributed by atoms with Crippen molar-refractivity contribution in [2.24, 2.45) is 11.5 Å². The quantitative estimate of drug-likeness (QED) is 0.715. The molecule has 1 unspecified atom stereocenters. The van der Waals surface area contributed by atoms with Crippen LogP contribution in [0.4, 0.5) is 0 Å². The average molecular weight is 242 g/mol. The summed E-state index contributed by atoms with van der Waals surface area (Å²) in [7, 11) is 0. The van der Waals surface area contributed by atoms with Crippen LogP contribution in [0.25, 0.3) is 0 Å². The van der Waals surface area contributed by atoms with Gasteiger partial charge in [0.05, 0.1) is 0 Å². The summed E-state index contributed by atoms with van der Waals surface area (Å²) in [6.45, 7) is 3.82. The van der Waals surface area contributed by atoms with E-state index in [1.165, 1.54) is 0 Å². The molecule has 0 aliphatic rings. The molecular weight excluding hydrogens is 227 g/mol. The molecule has 0 aromatic carbocycles. The van der Waals surface area contributed by atoms with Crippen molar-refractivity contribution >= 4 is 24.0 Å². The van der Waals surface area contributed by atoms with Crippen molar-refractivity contribution in [3.63, 3.8) is 0 Å². The van der Waals surface area contributed by atoms with Crippen LogP contribution in [0, 0.1) is 0 Å². The van der Waals surface area contributed by atoms with Crippen molar-refractivity contribution in [3.8, 4) is 0 Å². The predicted octanol–water partition coefficient (Wildman–Crippen LogP) is 1.20. The molecule has 56 valence electrons. The van der Waals surface area contributed by atoms with E-state index in [9.17, 15) is 0 Å². The maximum Gasteiger partial charge on any atom is 0.00457 e. The Kier molecular flexibility index (Phi) is 8.44. The van der Waals surface area contributed by atoms with E-state index >= 15 is 0 Å². The largest absolute Gasteiger partial charge is 0.403 e. The molecule has 0 aliphatic carbocycles. The van der Waals surface area contributed by atoms with Crippen LogP contribution < -0.4 is 11.5 Å². The molecule has 0 rings (SSSR count). The molecule has 0 heterocycles. The molecule has 0 aliphatic heterocycles. The highest BCUT2D eigenvalue weighted by Gasteiger charge is 1.86. The van der Waals surface area contributed by atoms with Crippen molar-refractivity contribution in [2.75, 3.05) is 0 Å². The first-order valence-corrected chi connectivity index (χ1v) is 2.80. The average Bonchev–Trinajstić information content (AvgIpc) is 1.61. The zero-order chi connectivity index (χ0) is 6.57. The summed E-state index contributed by atoms with van der Waals surface area (Å²) in [5.41, 5.74) is 11.6. The lowest BCUT2D eigenvalue weighted by atomic mass is 10.2. The van der Waals surface area contributed by atoms with Crippen molar-refractivity contribution < 1.29 is 0 Å². The minimum absolute atomic E-state index is 0. The molecule has 4 N–H and O–H groups in total. The number of hydrogen-bond donors (Lipinski definition) is 2. The maximum absolute atomic E-state index is 5.44. The van der Waals surface area contributed by atoms with Gasteiger partial charge in [0.15, 0.2) is 0 Å². The lowest BCUT2D eigenvalue weighted by Crippen LogP contribution is -2.13. The molecule has 0 saturated carbocycles. The highest BCUT2D eigenvalue weighted by Crippen LogP contribution is 1.89. The molecule has 0 saturated heterocycles. The number of nitrogens with two attached hydrogens (primary N) is 2. The Balaban J connectivity index is 0. The second-order valence-corrected chi connectivity index (χ2v) is 2.16. The van der Waals surface area contributed by atoms with Gasteiger partial charge in [0.2, 0.25) is 0 Å². The lowest BCUT2D eigenvalue weighted by Gasteiger charge is -1.97. The van der Waals surface area contributed by atoms with E-state index in [0.717, 1.165) is 12.1 Å². The van der Waals surface area contributed by atoms with E-state index in [1.807, 2.05) is 19.9 Å². The van der Waals surface area contributed by atoms with Gasteiger partial charge < -0.3 is 11.5 Å². The van der Waals surface area contributed by atoms with E-state index in [1.54, 1.807) is 0 Å². The van der Waals surface area contributed by atoms with Gasteiger partial charge in [-0.2, -0.15) is 0 Å². The molecule has 2 nitrogen and oxygen atoms in total. The summed E-state index contributed by atoms with van der Waals surface area (Å²) >= 11 is 0. The Morgan fingerprint density at radius 1 is 1.67 bits per heavy atom. The van der Waals surface area contributed by atoms with E-state index in [-0.39, 0.29) is 30.0 Å². The minimum atomic E-state index is 0. The molecule has 0 spiro atoms. The fraction of sp³-hybridized carbons (Fsp3) is 0.667. The number of hydrogen-bond acceptors (Lipinski definition) is 2. The molecule has 0 radical (unpaired) electrons. The van der Waals surface area contributed by atoms with Crippen LogP contribution in [0.15, 0.2) is 11.8 Å². The zero-order valence-electron chi connectivity index (χ0n) is 5.92. The van der Waals surface area contributed by atoms with Gasteiger partial charge in [-0.15, -0.1) is 24.0 Å². The van der Waals surface area contributed by atoms with Gasteiger partial charge in [0.1, 0.15) is 0 Å². The molecule has 3 heteroatoms. The van der Waals surface area contributed by atoms with Gasteiger partial charge in [0, 0.05) is 11.7 Å². The highest BCUT2D eigenvalue weighted by atomic mass is 127. The SMILES string of the molecule is C/C(N)=C/CC(C)N.I. The summed E-state index contributed by atoms with van der Waals surface area (Å²) < 4.78 is 0. The van der Waals surface area contributed by atoms with Crippen molar-refractivity contribution in [1.82, 2.24) is 0 Å². The van der Waals surface area contributed by atoms with Crippen molar-refractivity contribution in [1.29, 1.82) is 0 Å². The fourth-order valence-corrected chi connectivity index (χ4v) is 0.372. The van der Waals surface area contributed by atoms with Crippen LogP contribution in [0.1, 0.15) is 20.3 Å². The Morgan fingerprint density at radius 3 is 2.22 bits per heavy atom. The zero-order valence-corrected chi connectivity index (χ0v) is 8.26. The monoisotopic (exact) mass is 242 g/mol. The van der Waals surface area contributed by atoms with E-state index < -0.39 is 0 Å². The first-order valence-electron chi connectivity index (χ1n) is 2.80. The maximum atomic E-state index is 5.44. The predicted molar refractivity (Wildman–Crippen MR) is 51.6 cm³/mol. The molecule has 9 heavy (non-hydrogen) atoms. The van der Waals surface area contributed by atoms with Gasteiger partial charge in [-0.3, -0.25) is 0 Å². The van der Waals surface area contributed by atoms with Crippen molar-refractivity contribution in [3.05, 3.63) is 11.8 Å². The normalized spacial score (nSPS) is 14.3. The summed E-state index contributed by atoms with van der Waals surface area (Å²) in [5.74, 6) is 0. The summed E-state index contributed by atoms with van der Waals surface area (Å²) in [5, 5.41) is 0. The summed E-state index contributed by atoms with van der Waals surface area (Å²) in [6, 6.07) is 0.230. The van der Waals surface area contributed by atoms with E-state index in [2.05, 4.69) is 0 Å². The third-order valence-corrected chi connectivity index (χ3v) is 0.812. The third-order valence-electron chi connectivity index (χ3n) is 0.812. The molecule has 0 amide bonds. The second-order valence-electron chi connectivity index (χ2n) is 2.16. The van der Waals surface area contributed by atoms with Gasteiger partial charge >= 0.3 is 0 Å². The summed E-state index contributed by atoms with van der Waals surface area (Å²) in [4.78, 5) is 0. The molecule has 0 aromatic heterocycles. The van der Waals surface area contributed by atoms with Crippen LogP contribution in [-0.4, -0.2) is 6.04 Å². The van der Waals surface area contributed by atoms with E-state index in [4.69, 9.17) is 11.5 Å². The molecule has 1 atom stereocenters. The first-order chi connectivity index (χ1) is 3.63. The number of allylic oxidation sites excluding steroid dienone is 1. The molecule has 0 aromatic rings. The Hall–Kier alpha value is 0.230. The Labute approximate surface area is 73.7 Å². The van der Waals surface area contributed by atoms with Crippen LogP contribution in [0.2, 0.25) is 0 Å². The lowest BCUT2D eigenvalue weighted by molar-refractivity contribution is 0.753. The first kappa shape index (κ1) is 12.0. The number of halogens is 1. The minimum Gasteiger partial charge on any atom is -0.403 e. The van der Waals surface area contributed by atoms with E-state index in [0.29, 0.717) is 0 Å². The topological polar surface area (TPSA) is 52.0 Å². The third kappa shape index (κ3) is 11.7. The molecule has 0 bridgehead atoms. The molecular formula is C6H15IN2. The smallest absolute Gasteiger partial charge is 0.00457 e. The van der Waals surface area contributed by atoms with Crippen molar-refractivity contribution in [2.45, 2.75) is 26.3 Å². The van der Waals surface area contributed by atoms with Gasteiger partial charge in [-0.1, -0.05) is 6.08 Å². The number of rotatable bonds is 2. The second kappa shape index (κ2) is 6.35. The van der Waals surface area contributed by atoms with Crippen LogP contribution in [0.3, 0.4) is 0 Å². The highest BCUT2D eigenvalue weighted by molar-refractivity contribution is 14.0. The Bertz CT molecular complexity index is 85.1. The van der Waals surface area contributed by atoms with Gasteiger partial charge in [-0.25, -0.2) is 0 Å². The van der Waals surface area contributed by atoms with Crippen LogP contribution >= 0.6 is 24.0 Å². The standard InChI is InChI=1S/C6H14N2.HI/c1-5(7)3-4-6(2)8;/h3,6H,4,7-8H2,1-2H3;1H/b5-3-;.